The van der Waals surface area contributed by atoms with Gasteiger partial charge in [0.2, 0.25) is 5.91 Å². The normalized spacial score (nSPS) is 30.1. The molecule has 3 aliphatic rings. The molecule has 1 saturated carbocycles. The van der Waals surface area contributed by atoms with Crippen molar-refractivity contribution < 1.29 is 19.1 Å². The molecule has 2 atom stereocenters. The van der Waals surface area contributed by atoms with E-state index in [1.54, 1.807) is 0 Å². The Morgan fingerprint density at radius 2 is 1.95 bits per heavy atom. The Balaban J connectivity index is 1.84. The number of likely N-dealkylation sites (tertiary alicyclic amines) is 1. The number of imide groups is 1. The van der Waals surface area contributed by atoms with Crippen LogP contribution in [-0.2, 0) is 19.1 Å². The number of ether oxygens (including phenoxy) is 1. The van der Waals surface area contributed by atoms with Crippen LogP contribution in [0.4, 0.5) is 0 Å². The number of hydrogen-bond acceptors (Lipinski definition) is 6. The number of nitrogens with one attached hydrogen (secondary N) is 1. The third-order valence-corrected chi connectivity index (χ3v) is 4.29. The number of fused-ring (bicyclic) bond motifs is 1. The largest absolute Gasteiger partial charge is 0.464 e. The van der Waals surface area contributed by atoms with Crippen LogP contribution in [0.2, 0.25) is 0 Å². The van der Waals surface area contributed by atoms with Crippen LogP contribution >= 0.6 is 0 Å². The Bertz CT molecular complexity index is 496. The van der Waals surface area contributed by atoms with Crippen molar-refractivity contribution >= 4 is 23.5 Å². The molecule has 0 radical (unpaired) electrons. The first-order valence-corrected chi connectivity index (χ1v) is 6.93. The van der Waals surface area contributed by atoms with E-state index in [1.807, 2.05) is 0 Å². The monoisotopic (exact) mass is 279 g/mol. The first kappa shape index (κ1) is 13.1. The maximum Gasteiger partial charge on any atom is 0.355 e. The third kappa shape index (κ3) is 1.80. The van der Waals surface area contributed by atoms with E-state index in [4.69, 9.17) is 0 Å². The summed E-state index contributed by atoms with van der Waals surface area (Å²) in [6.45, 7) is 0. The van der Waals surface area contributed by atoms with E-state index >= 15 is 0 Å². The average molecular weight is 279 g/mol. The fourth-order valence-corrected chi connectivity index (χ4v) is 3.28. The second-order valence-corrected chi connectivity index (χ2v) is 5.41. The van der Waals surface area contributed by atoms with Crippen molar-refractivity contribution in [3.8, 4) is 0 Å². The smallest absolute Gasteiger partial charge is 0.355 e. The highest BCUT2D eigenvalue weighted by atomic mass is 16.5. The summed E-state index contributed by atoms with van der Waals surface area (Å²) >= 11 is 0. The fourth-order valence-electron chi connectivity index (χ4n) is 3.28. The molecule has 108 valence electrons. The predicted octanol–water partition coefficient (Wildman–Crippen LogP) is -0.195. The first-order chi connectivity index (χ1) is 9.65. The van der Waals surface area contributed by atoms with E-state index in [9.17, 15) is 14.4 Å². The quantitative estimate of drug-likeness (QED) is 0.559. The van der Waals surface area contributed by atoms with Crippen molar-refractivity contribution in [1.82, 2.24) is 10.3 Å². The van der Waals surface area contributed by atoms with Crippen LogP contribution in [0.3, 0.4) is 0 Å². The van der Waals surface area contributed by atoms with E-state index in [0.29, 0.717) is 0 Å². The summed E-state index contributed by atoms with van der Waals surface area (Å²) in [5, 5.41) is 3.80. The number of nitrogens with zero attached hydrogens (tertiary/aromatic N) is 2. The van der Waals surface area contributed by atoms with Crippen molar-refractivity contribution in [1.29, 1.82) is 0 Å². The van der Waals surface area contributed by atoms with Gasteiger partial charge in [-0.15, -0.1) is 0 Å². The molecule has 3 rings (SSSR count). The minimum absolute atomic E-state index is 0.00848. The number of carbonyl (C=O) groups excluding carboxylic acids is 3. The number of rotatable bonds is 2. The predicted molar refractivity (Wildman–Crippen MR) is 68.6 cm³/mol. The van der Waals surface area contributed by atoms with Gasteiger partial charge in [0.05, 0.1) is 7.11 Å². The number of hydrazone groups is 1. The number of carbonyl (C=O) groups is 3. The molecule has 7 nitrogen and oxygen atoms in total. The molecule has 0 aromatic carbocycles. The van der Waals surface area contributed by atoms with E-state index < -0.39 is 17.9 Å². The Kier molecular flexibility index (Phi) is 3.19. The summed E-state index contributed by atoms with van der Waals surface area (Å²) < 4.78 is 4.61. The van der Waals surface area contributed by atoms with E-state index in [-0.39, 0.29) is 23.6 Å². The van der Waals surface area contributed by atoms with Gasteiger partial charge in [-0.2, -0.15) is 5.10 Å². The van der Waals surface area contributed by atoms with Crippen LogP contribution in [0.5, 0.6) is 0 Å². The topological polar surface area (TPSA) is 88.1 Å². The Morgan fingerprint density at radius 1 is 1.25 bits per heavy atom. The molecule has 2 aliphatic heterocycles. The first-order valence-electron chi connectivity index (χ1n) is 6.93. The van der Waals surface area contributed by atoms with E-state index in [0.717, 1.165) is 32.1 Å². The molecule has 0 spiro atoms. The summed E-state index contributed by atoms with van der Waals surface area (Å²) in [6, 6.07) is -0.770. The molecule has 2 amide bonds. The van der Waals surface area contributed by atoms with Gasteiger partial charge in [0.1, 0.15) is 12.0 Å². The lowest BCUT2D eigenvalue weighted by Gasteiger charge is -2.30. The molecule has 7 heteroatoms. The van der Waals surface area contributed by atoms with Crippen LogP contribution in [0.15, 0.2) is 5.10 Å². The molecular weight excluding hydrogens is 262 g/mol. The zero-order chi connectivity index (χ0) is 14.3. The SMILES string of the molecule is COC(=O)C1=NN[C@H]2C(=O)N(C3CCCCC3)C(=O)[C@@H]12. The minimum Gasteiger partial charge on any atom is -0.464 e. The molecule has 1 saturated heterocycles. The Hall–Kier alpha value is -1.92. The Labute approximate surface area is 116 Å². The van der Waals surface area contributed by atoms with Crippen molar-refractivity contribution in [3.05, 3.63) is 0 Å². The maximum atomic E-state index is 12.5. The summed E-state index contributed by atoms with van der Waals surface area (Å²) in [5.41, 5.74) is 2.62. The van der Waals surface area contributed by atoms with Crippen molar-refractivity contribution in [2.45, 2.75) is 44.2 Å². The van der Waals surface area contributed by atoms with Gasteiger partial charge in [0, 0.05) is 6.04 Å². The highest BCUT2D eigenvalue weighted by Gasteiger charge is 2.56. The second-order valence-electron chi connectivity index (χ2n) is 5.41. The zero-order valence-electron chi connectivity index (χ0n) is 11.3. The van der Waals surface area contributed by atoms with Crippen LogP contribution in [-0.4, -0.2) is 47.6 Å². The van der Waals surface area contributed by atoms with Gasteiger partial charge >= 0.3 is 5.97 Å². The van der Waals surface area contributed by atoms with Gasteiger partial charge in [0.15, 0.2) is 5.71 Å². The molecule has 0 aromatic rings. The van der Waals surface area contributed by atoms with Crippen molar-refractivity contribution in [2.24, 2.45) is 11.0 Å². The molecule has 20 heavy (non-hydrogen) atoms. The summed E-state index contributed by atoms with van der Waals surface area (Å²) in [5.74, 6) is -2.07. The number of amides is 2. The molecule has 0 unspecified atom stereocenters. The second kappa shape index (κ2) is 4.88. The highest BCUT2D eigenvalue weighted by molar-refractivity contribution is 6.44. The van der Waals surface area contributed by atoms with E-state index in [1.165, 1.54) is 12.0 Å². The maximum absolute atomic E-state index is 12.5. The molecule has 1 N–H and O–H groups in total. The van der Waals surface area contributed by atoms with Gasteiger partial charge in [-0.25, -0.2) is 4.79 Å². The summed E-state index contributed by atoms with van der Waals surface area (Å²) in [7, 11) is 1.23. The van der Waals surface area contributed by atoms with Gasteiger partial charge in [-0.3, -0.25) is 19.9 Å². The van der Waals surface area contributed by atoms with Crippen LogP contribution in [0, 0.1) is 5.92 Å². The molecule has 0 bridgehead atoms. The van der Waals surface area contributed by atoms with Crippen LogP contribution in [0.25, 0.3) is 0 Å². The van der Waals surface area contributed by atoms with Crippen molar-refractivity contribution in [3.63, 3.8) is 0 Å². The summed E-state index contributed by atoms with van der Waals surface area (Å²) in [6.07, 6.45) is 4.90. The van der Waals surface area contributed by atoms with Gasteiger partial charge < -0.3 is 4.74 Å². The molecule has 1 aliphatic carbocycles. The standard InChI is InChI=1S/C13H17N3O4/c1-20-13(19)10-8-9(14-15-10)12(18)16(11(8)17)7-5-3-2-4-6-7/h7-9,14H,2-6H2,1H3/t8-,9-/m1/s1. The van der Waals surface area contributed by atoms with Gasteiger partial charge in [-0.05, 0) is 12.8 Å². The van der Waals surface area contributed by atoms with Crippen molar-refractivity contribution in [2.75, 3.05) is 7.11 Å². The lowest BCUT2D eigenvalue weighted by molar-refractivity contribution is -0.143. The number of methoxy groups -OCH3 is 1. The van der Waals surface area contributed by atoms with Gasteiger partial charge in [0.25, 0.3) is 5.91 Å². The number of esters is 1. The summed E-state index contributed by atoms with van der Waals surface area (Å²) in [4.78, 5) is 37.8. The molecule has 2 fully saturated rings. The Morgan fingerprint density at radius 3 is 2.60 bits per heavy atom. The van der Waals surface area contributed by atoms with Crippen LogP contribution < -0.4 is 5.43 Å². The highest BCUT2D eigenvalue weighted by Crippen LogP contribution is 2.32. The minimum atomic E-state index is -0.822. The van der Waals surface area contributed by atoms with Crippen LogP contribution in [0.1, 0.15) is 32.1 Å². The van der Waals surface area contributed by atoms with Gasteiger partial charge in [-0.1, -0.05) is 19.3 Å². The lowest BCUT2D eigenvalue weighted by Crippen LogP contribution is -2.44. The number of hydrogen-bond donors (Lipinski definition) is 1. The zero-order valence-corrected chi connectivity index (χ0v) is 11.3. The third-order valence-electron chi connectivity index (χ3n) is 4.29. The average Bonchev–Trinajstić information content (AvgIpc) is 3.01. The molecule has 0 aromatic heterocycles. The molecule has 2 heterocycles. The van der Waals surface area contributed by atoms with E-state index in [2.05, 4.69) is 15.3 Å². The molecular formula is C13H17N3O4. The fraction of sp³-hybridized carbons (Fsp3) is 0.692. The lowest BCUT2D eigenvalue weighted by atomic mass is 9.94.